The quantitative estimate of drug-likeness (QED) is 0.633. The number of anilines is 1. The predicted molar refractivity (Wildman–Crippen MR) is 101 cm³/mol. The third-order valence-electron chi connectivity index (χ3n) is 4.08. The Kier molecular flexibility index (Phi) is 5.59. The number of carbonyl (C=O) groups is 1. The monoisotopic (exact) mass is 350 g/mol. The summed E-state index contributed by atoms with van der Waals surface area (Å²) in [6.45, 7) is 2.57. The zero-order valence-corrected chi connectivity index (χ0v) is 14.7. The molecule has 134 valence electrons. The fourth-order valence-corrected chi connectivity index (χ4v) is 2.72. The summed E-state index contributed by atoms with van der Waals surface area (Å²) in [5.74, 6) is 0.361. The van der Waals surface area contributed by atoms with E-state index in [0.717, 1.165) is 22.4 Å². The van der Waals surface area contributed by atoms with E-state index in [4.69, 9.17) is 15.2 Å². The molecule has 26 heavy (non-hydrogen) atoms. The second kappa shape index (κ2) is 8.25. The van der Waals surface area contributed by atoms with Crippen LogP contribution in [0.25, 0.3) is 0 Å². The number of nitrogens with one attached hydrogen (secondary N) is 1. The van der Waals surface area contributed by atoms with Gasteiger partial charge in [-0.05, 0) is 29.7 Å². The molecular formula is C21H22N2O3. The van der Waals surface area contributed by atoms with Crippen molar-refractivity contribution in [3.63, 3.8) is 0 Å². The molecule has 0 radical (unpaired) electrons. The Hall–Kier alpha value is -3.21. The maximum Gasteiger partial charge on any atom is 0.356 e. The molecule has 1 aromatic heterocycles. The van der Waals surface area contributed by atoms with Gasteiger partial charge in [-0.15, -0.1) is 0 Å². The molecule has 0 aliphatic rings. The molecule has 0 saturated heterocycles. The van der Waals surface area contributed by atoms with Gasteiger partial charge in [0.15, 0.2) is 0 Å². The van der Waals surface area contributed by atoms with E-state index in [1.165, 1.54) is 0 Å². The topological polar surface area (TPSA) is 77.3 Å². The van der Waals surface area contributed by atoms with Crippen LogP contribution in [0.2, 0.25) is 0 Å². The average Bonchev–Trinajstić information content (AvgIpc) is 3.03. The summed E-state index contributed by atoms with van der Waals surface area (Å²) in [5.41, 5.74) is 9.78. The molecule has 0 aliphatic heterocycles. The van der Waals surface area contributed by atoms with Crippen LogP contribution in [0.4, 0.5) is 5.69 Å². The lowest BCUT2D eigenvalue weighted by molar-refractivity contribution is 0.0521. The van der Waals surface area contributed by atoms with Crippen molar-refractivity contribution in [2.24, 2.45) is 0 Å². The van der Waals surface area contributed by atoms with Crippen molar-refractivity contribution in [1.82, 2.24) is 4.98 Å². The van der Waals surface area contributed by atoms with Gasteiger partial charge >= 0.3 is 5.97 Å². The van der Waals surface area contributed by atoms with Crippen LogP contribution in [0, 0.1) is 0 Å². The van der Waals surface area contributed by atoms with E-state index < -0.39 is 5.97 Å². The molecule has 3 rings (SSSR count). The highest BCUT2D eigenvalue weighted by atomic mass is 16.5. The molecule has 0 amide bonds. The fraction of sp³-hybridized carbons (Fsp3) is 0.190. The molecule has 0 unspecified atom stereocenters. The van der Waals surface area contributed by atoms with Crippen LogP contribution in [-0.2, 0) is 17.8 Å². The van der Waals surface area contributed by atoms with E-state index in [-0.39, 0.29) is 0 Å². The van der Waals surface area contributed by atoms with Crippen LogP contribution in [0.5, 0.6) is 5.75 Å². The van der Waals surface area contributed by atoms with E-state index in [0.29, 0.717) is 31.0 Å². The van der Waals surface area contributed by atoms with Gasteiger partial charge < -0.3 is 20.2 Å². The predicted octanol–water partition coefficient (Wildman–Crippen LogP) is 3.94. The number of para-hydroxylation sites is 1. The Balaban J connectivity index is 1.75. The standard InChI is InChI=1S/C21H22N2O3/c1-2-25-21(24)20-19(22)17(13-23-20)12-16-10-6-7-11-18(16)26-14-15-8-4-3-5-9-15/h3-11,13,23H,2,12,14,22H2,1H3. The van der Waals surface area contributed by atoms with Gasteiger partial charge in [0.2, 0.25) is 0 Å². The Morgan fingerprint density at radius 3 is 2.54 bits per heavy atom. The molecule has 0 aliphatic carbocycles. The molecule has 2 aromatic carbocycles. The van der Waals surface area contributed by atoms with E-state index in [1.807, 2.05) is 54.6 Å². The van der Waals surface area contributed by atoms with Crippen LogP contribution in [0.15, 0.2) is 60.8 Å². The molecule has 5 nitrogen and oxygen atoms in total. The minimum Gasteiger partial charge on any atom is -0.489 e. The molecule has 3 aromatic rings. The number of benzene rings is 2. The van der Waals surface area contributed by atoms with Crippen LogP contribution < -0.4 is 10.5 Å². The molecule has 0 atom stereocenters. The van der Waals surface area contributed by atoms with Gasteiger partial charge in [-0.1, -0.05) is 48.5 Å². The van der Waals surface area contributed by atoms with Gasteiger partial charge in [0.25, 0.3) is 0 Å². The Bertz CT molecular complexity index is 872. The molecule has 0 spiro atoms. The van der Waals surface area contributed by atoms with Gasteiger partial charge in [-0.3, -0.25) is 0 Å². The van der Waals surface area contributed by atoms with Gasteiger partial charge in [0.1, 0.15) is 18.1 Å². The Morgan fingerprint density at radius 2 is 1.77 bits per heavy atom. The number of hydrogen-bond acceptors (Lipinski definition) is 4. The first-order valence-electron chi connectivity index (χ1n) is 8.56. The number of nitrogens with two attached hydrogens (primary N) is 1. The lowest BCUT2D eigenvalue weighted by atomic mass is 10.0. The minimum absolute atomic E-state index is 0.296. The highest BCUT2D eigenvalue weighted by Gasteiger charge is 2.17. The van der Waals surface area contributed by atoms with E-state index in [2.05, 4.69) is 4.98 Å². The minimum atomic E-state index is -0.440. The summed E-state index contributed by atoms with van der Waals surface area (Å²) < 4.78 is 11.0. The second-order valence-corrected chi connectivity index (χ2v) is 5.88. The van der Waals surface area contributed by atoms with Crippen molar-refractivity contribution in [2.75, 3.05) is 12.3 Å². The van der Waals surface area contributed by atoms with E-state index in [1.54, 1.807) is 13.1 Å². The SMILES string of the molecule is CCOC(=O)c1[nH]cc(Cc2ccccc2OCc2ccccc2)c1N. The van der Waals surface area contributed by atoms with Gasteiger partial charge in [-0.25, -0.2) is 4.79 Å². The molecule has 5 heteroatoms. The van der Waals surface area contributed by atoms with Crippen molar-refractivity contribution in [3.05, 3.63) is 83.2 Å². The summed E-state index contributed by atoms with van der Waals surface area (Å²) in [7, 11) is 0. The lowest BCUT2D eigenvalue weighted by Crippen LogP contribution is -2.08. The first kappa shape index (κ1) is 17.6. The van der Waals surface area contributed by atoms with Crippen molar-refractivity contribution < 1.29 is 14.3 Å². The summed E-state index contributed by atoms with van der Waals surface area (Å²) in [6, 6.07) is 17.8. The van der Waals surface area contributed by atoms with Crippen molar-refractivity contribution in [2.45, 2.75) is 20.0 Å². The molecule has 0 saturated carbocycles. The van der Waals surface area contributed by atoms with Crippen LogP contribution in [0.3, 0.4) is 0 Å². The van der Waals surface area contributed by atoms with Crippen LogP contribution >= 0.6 is 0 Å². The number of aromatic nitrogens is 1. The van der Waals surface area contributed by atoms with Gasteiger partial charge in [0.05, 0.1) is 12.3 Å². The van der Waals surface area contributed by atoms with Crippen LogP contribution in [0.1, 0.15) is 34.1 Å². The third kappa shape index (κ3) is 4.06. The number of carbonyl (C=O) groups excluding carboxylic acids is 1. The van der Waals surface area contributed by atoms with Gasteiger partial charge in [0, 0.05) is 12.6 Å². The van der Waals surface area contributed by atoms with E-state index >= 15 is 0 Å². The van der Waals surface area contributed by atoms with E-state index in [9.17, 15) is 4.79 Å². The van der Waals surface area contributed by atoms with Gasteiger partial charge in [-0.2, -0.15) is 0 Å². The van der Waals surface area contributed by atoms with Crippen molar-refractivity contribution >= 4 is 11.7 Å². The van der Waals surface area contributed by atoms with Crippen LogP contribution in [-0.4, -0.2) is 17.6 Å². The maximum absolute atomic E-state index is 11.9. The molecule has 0 fully saturated rings. The number of aromatic amines is 1. The molecule has 1 heterocycles. The summed E-state index contributed by atoms with van der Waals surface area (Å²) in [5, 5.41) is 0. The largest absolute Gasteiger partial charge is 0.489 e. The first-order valence-corrected chi connectivity index (χ1v) is 8.56. The lowest BCUT2D eigenvalue weighted by Gasteiger charge is -2.11. The number of rotatable bonds is 7. The summed E-state index contributed by atoms with van der Waals surface area (Å²) >= 11 is 0. The molecular weight excluding hydrogens is 328 g/mol. The highest BCUT2D eigenvalue weighted by molar-refractivity contribution is 5.94. The normalized spacial score (nSPS) is 10.5. The van der Waals surface area contributed by atoms with Crippen molar-refractivity contribution in [1.29, 1.82) is 0 Å². The first-order chi connectivity index (χ1) is 12.7. The smallest absolute Gasteiger partial charge is 0.356 e. The number of ether oxygens (including phenoxy) is 2. The number of H-pyrrole nitrogens is 1. The Morgan fingerprint density at radius 1 is 1.04 bits per heavy atom. The summed E-state index contributed by atoms with van der Waals surface area (Å²) in [4.78, 5) is 14.8. The summed E-state index contributed by atoms with van der Waals surface area (Å²) in [6.07, 6.45) is 2.31. The molecule has 0 bridgehead atoms. The average molecular weight is 350 g/mol. The third-order valence-corrected chi connectivity index (χ3v) is 4.08. The second-order valence-electron chi connectivity index (χ2n) is 5.88. The maximum atomic E-state index is 11.9. The Labute approximate surface area is 152 Å². The number of esters is 1. The van der Waals surface area contributed by atoms with Crippen molar-refractivity contribution in [3.8, 4) is 5.75 Å². The zero-order valence-electron chi connectivity index (χ0n) is 14.7. The fourth-order valence-electron chi connectivity index (χ4n) is 2.72. The zero-order chi connectivity index (χ0) is 18.4. The number of hydrogen-bond donors (Lipinski definition) is 2. The number of nitrogen functional groups attached to an aromatic ring is 1. The molecule has 3 N–H and O–H groups in total. The highest BCUT2D eigenvalue weighted by Crippen LogP contribution is 2.26.